The maximum atomic E-state index is 12.5. The second-order valence-corrected chi connectivity index (χ2v) is 9.96. The van der Waals surface area contributed by atoms with Crippen LogP contribution in [0.4, 0.5) is 0 Å². The molecule has 3 fully saturated rings. The molecular weight excluding hydrogens is 352 g/mol. The number of hydrogen-bond acceptors (Lipinski definition) is 4. The molecule has 4 aliphatic carbocycles. The summed E-state index contributed by atoms with van der Waals surface area (Å²) in [5.41, 5.74) is 1.67. The number of allylic oxidation sites excluding steroid dienone is 1. The molecule has 5 rings (SSSR count). The van der Waals surface area contributed by atoms with Gasteiger partial charge in [-0.15, -0.1) is 0 Å². The van der Waals surface area contributed by atoms with Crippen molar-refractivity contribution in [1.29, 1.82) is 0 Å². The van der Waals surface area contributed by atoms with Crippen molar-refractivity contribution in [2.75, 3.05) is 0 Å². The third kappa shape index (κ3) is 2.56. The van der Waals surface area contributed by atoms with Gasteiger partial charge in [-0.2, -0.15) is 0 Å². The second kappa shape index (κ2) is 6.33. The van der Waals surface area contributed by atoms with Gasteiger partial charge < -0.3 is 9.15 Å². The number of hydrogen-bond donors (Lipinski definition) is 0. The van der Waals surface area contributed by atoms with Crippen molar-refractivity contribution >= 4 is 11.8 Å². The van der Waals surface area contributed by atoms with Crippen LogP contribution in [-0.2, 0) is 9.53 Å². The first-order chi connectivity index (χ1) is 13.4. The Bertz CT molecular complexity index is 822. The molecule has 4 nitrogen and oxygen atoms in total. The molecule has 1 heterocycles. The van der Waals surface area contributed by atoms with Gasteiger partial charge in [0.1, 0.15) is 6.10 Å². The smallest absolute Gasteiger partial charge is 0.374 e. The summed E-state index contributed by atoms with van der Waals surface area (Å²) in [6.45, 7) is 4.76. The van der Waals surface area contributed by atoms with Crippen LogP contribution in [0, 0.1) is 28.6 Å². The molecule has 150 valence electrons. The van der Waals surface area contributed by atoms with Crippen molar-refractivity contribution < 1.29 is 18.7 Å². The molecule has 0 amide bonds. The molecule has 0 aromatic carbocycles. The van der Waals surface area contributed by atoms with Crippen molar-refractivity contribution in [3.8, 4) is 0 Å². The summed E-state index contributed by atoms with van der Waals surface area (Å²) in [5, 5.41) is 0. The number of furan rings is 1. The zero-order chi connectivity index (χ0) is 19.5. The summed E-state index contributed by atoms with van der Waals surface area (Å²) in [7, 11) is 0. The fourth-order valence-electron chi connectivity index (χ4n) is 7.29. The van der Waals surface area contributed by atoms with Crippen LogP contribution in [0.15, 0.2) is 34.5 Å². The number of carbonyl (C=O) groups excluding carboxylic acids is 2. The van der Waals surface area contributed by atoms with Gasteiger partial charge in [0, 0.05) is 11.8 Å². The lowest BCUT2D eigenvalue weighted by Crippen LogP contribution is -2.51. The number of rotatable bonds is 2. The maximum Gasteiger partial charge on any atom is 0.374 e. The van der Waals surface area contributed by atoms with Crippen LogP contribution < -0.4 is 0 Å². The summed E-state index contributed by atoms with van der Waals surface area (Å²) in [5.74, 6) is 2.24. The van der Waals surface area contributed by atoms with Gasteiger partial charge in [-0.25, -0.2) is 4.79 Å². The molecule has 0 unspecified atom stereocenters. The molecule has 4 aliphatic rings. The number of ether oxygens (including phenoxy) is 1. The van der Waals surface area contributed by atoms with E-state index in [2.05, 4.69) is 13.8 Å². The Labute approximate surface area is 166 Å². The van der Waals surface area contributed by atoms with E-state index in [1.807, 2.05) is 6.08 Å². The molecule has 3 saturated carbocycles. The third-order valence-corrected chi connectivity index (χ3v) is 8.85. The van der Waals surface area contributed by atoms with E-state index < -0.39 is 0 Å². The lowest BCUT2D eigenvalue weighted by Gasteiger charge is -2.57. The van der Waals surface area contributed by atoms with E-state index >= 15 is 0 Å². The van der Waals surface area contributed by atoms with Crippen molar-refractivity contribution in [2.45, 2.75) is 71.3 Å². The largest absolute Gasteiger partial charge is 0.457 e. The zero-order valence-corrected chi connectivity index (χ0v) is 16.9. The standard InChI is InChI=1S/C24H30O4/c1-23-11-9-16(25)14-15(23)5-6-17-18-7-8-21(24(18,2)12-10-19(17)23)28-22(26)20-4-3-13-27-20/h3-4,13-14,17-19,21H,5-12H2,1-2H3/t17-,18-,19-,21+,23+,24-/m1/s1. The Hall–Kier alpha value is -1.84. The highest BCUT2D eigenvalue weighted by molar-refractivity contribution is 5.91. The number of esters is 1. The quantitative estimate of drug-likeness (QED) is 0.648. The van der Waals surface area contributed by atoms with Crippen molar-refractivity contribution in [3.63, 3.8) is 0 Å². The predicted molar refractivity (Wildman–Crippen MR) is 105 cm³/mol. The van der Waals surface area contributed by atoms with E-state index in [9.17, 15) is 9.59 Å². The summed E-state index contributed by atoms with van der Waals surface area (Å²) in [6.07, 6.45) is 11.8. The topological polar surface area (TPSA) is 56.5 Å². The summed E-state index contributed by atoms with van der Waals surface area (Å²) in [4.78, 5) is 24.4. The molecule has 1 aromatic heterocycles. The Balaban J connectivity index is 1.38. The van der Waals surface area contributed by atoms with Crippen molar-refractivity contribution in [3.05, 3.63) is 35.8 Å². The average Bonchev–Trinajstić information content (AvgIpc) is 3.31. The van der Waals surface area contributed by atoms with E-state index in [0.29, 0.717) is 35.7 Å². The fraction of sp³-hybridized carbons (Fsp3) is 0.667. The first kappa shape index (κ1) is 18.2. The van der Waals surface area contributed by atoms with Crippen LogP contribution >= 0.6 is 0 Å². The highest BCUT2D eigenvalue weighted by atomic mass is 16.6. The molecule has 0 aliphatic heterocycles. The van der Waals surface area contributed by atoms with E-state index in [0.717, 1.165) is 32.1 Å². The van der Waals surface area contributed by atoms with Gasteiger partial charge in [-0.05, 0) is 86.3 Å². The minimum absolute atomic E-state index is 0.0197. The maximum absolute atomic E-state index is 12.5. The van der Waals surface area contributed by atoms with Crippen molar-refractivity contribution in [2.24, 2.45) is 28.6 Å². The average molecular weight is 383 g/mol. The zero-order valence-electron chi connectivity index (χ0n) is 16.9. The predicted octanol–water partition coefficient (Wildman–Crippen LogP) is 5.34. The Kier molecular flexibility index (Phi) is 4.12. The lowest BCUT2D eigenvalue weighted by molar-refractivity contribution is -0.118. The Morgan fingerprint density at radius 2 is 1.96 bits per heavy atom. The van der Waals surface area contributed by atoms with E-state index in [1.54, 1.807) is 12.1 Å². The molecule has 1 aromatic rings. The minimum Gasteiger partial charge on any atom is -0.457 e. The van der Waals surface area contributed by atoms with E-state index in [-0.39, 0.29) is 22.9 Å². The normalized spacial score (nSPS) is 42.2. The van der Waals surface area contributed by atoms with Crippen LogP contribution in [0.5, 0.6) is 0 Å². The van der Waals surface area contributed by atoms with Crippen LogP contribution in [-0.4, -0.2) is 17.9 Å². The molecular formula is C24H30O4. The molecule has 0 N–H and O–H groups in total. The minimum atomic E-state index is -0.328. The highest BCUT2D eigenvalue weighted by Crippen LogP contribution is 2.65. The Morgan fingerprint density at radius 3 is 2.75 bits per heavy atom. The van der Waals surface area contributed by atoms with E-state index in [4.69, 9.17) is 9.15 Å². The first-order valence-corrected chi connectivity index (χ1v) is 10.9. The summed E-state index contributed by atoms with van der Waals surface area (Å²) >= 11 is 0. The number of carbonyl (C=O) groups is 2. The van der Waals surface area contributed by atoms with Gasteiger partial charge in [0.25, 0.3) is 0 Å². The van der Waals surface area contributed by atoms with Gasteiger partial charge >= 0.3 is 5.97 Å². The lowest BCUT2D eigenvalue weighted by atomic mass is 9.47. The summed E-state index contributed by atoms with van der Waals surface area (Å²) in [6, 6.07) is 3.40. The number of ketones is 1. The van der Waals surface area contributed by atoms with Gasteiger partial charge in [0.15, 0.2) is 5.78 Å². The highest BCUT2D eigenvalue weighted by Gasteiger charge is 2.60. The molecule has 0 radical (unpaired) electrons. The molecule has 28 heavy (non-hydrogen) atoms. The monoisotopic (exact) mass is 382 g/mol. The molecule has 0 saturated heterocycles. The van der Waals surface area contributed by atoms with Gasteiger partial charge in [0.2, 0.25) is 5.76 Å². The van der Waals surface area contributed by atoms with Crippen LogP contribution in [0.1, 0.15) is 75.8 Å². The summed E-state index contributed by atoms with van der Waals surface area (Å²) < 4.78 is 11.2. The van der Waals surface area contributed by atoms with Gasteiger partial charge in [0.05, 0.1) is 6.26 Å². The fourth-order valence-corrected chi connectivity index (χ4v) is 7.29. The molecule has 4 heteroatoms. The SMILES string of the molecule is C[C@@]12CC[C@@H]3[C@H](CCC4=CC(=O)CC[C@@]43C)[C@H]1CC[C@@H]2OC(=O)c1ccco1. The molecule has 0 spiro atoms. The first-order valence-electron chi connectivity index (χ1n) is 10.9. The van der Waals surface area contributed by atoms with Gasteiger partial charge in [-0.3, -0.25) is 4.79 Å². The van der Waals surface area contributed by atoms with Crippen molar-refractivity contribution in [1.82, 2.24) is 0 Å². The third-order valence-electron chi connectivity index (χ3n) is 8.85. The number of fused-ring (bicyclic) bond motifs is 5. The molecule has 6 atom stereocenters. The molecule has 0 bridgehead atoms. The van der Waals surface area contributed by atoms with Crippen LogP contribution in [0.2, 0.25) is 0 Å². The Morgan fingerprint density at radius 1 is 1.11 bits per heavy atom. The van der Waals surface area contributed by atoms with E-state index in [1.165, 1.54) is 24.7 Å². The second-order valence-electron chi connectivity index (χ2n) is 9.96. The van der Waals surface area contributed by atoms with Gasteiger partial charge in [-0.1, -0.05) is 19.4 Å². The van der Waals surface area contributed by atoms with Crippen LogP contribution in [0.3, 0.4) is 0 Å². The van der Waals surface area contributed by atoms with Crippen LogP contribution in [0.25, 0.3) is 0 Å².